The zero-order valence-corrected chi connectivity index (χ0v) is 13.8. The molecular formula is C16H12N2O3S2. The number of carbonyl (C=O) groups excluding carboxylic acids is 1. The van der Waals surface area contributed by atoms with E-state index in [0.29, 0.717) is 21.3 Å². The first-order valence-corrected chi connectivity index (χ1v) is 8.84. The normalized spacial score (nSPS) is 17.8. The van der Waals surface area contributed by atoms with E-state index < -0.39 is 0 Å². The lowest BCUT2D eigenvalue weighted by atomic mass is 10.1. The summed E-state index contributed by atoms with van der Waals surface area (Å²) < 4.78 is 1.75. The number of nitrogens with zero attached hydrogens (tertiary/aromatic N) is 2. The summed E-state index contributed by atoms with van der Waals surface area (Å²) in [4.78, 5) is 15.8. The van der Waals surface area contributed by atoms with Gasteiger partial charge in [-0.25, -0.2) is 0 Å². The maximum atomic E-state index is 12.6. The van der Waals surface area contributed by atoms with Gasteiger partial charge in [-0.05, 0) is 36.6 Å². The van der Waals surface area contributed by atoms with E-state index >= 15 is 0 Å². The van der Waals surface area contributed by atoms with Crippen LogP contribution in [-0.4, -0.2) is 27.7 Å². The van der Waals surface area contributed by atoms with Gasteiger partial charge >= 0.3 is 5.01 Å². The number of phenols is 1. The van der Waals surface area contributed by atoms with Crippen LogP contribution in [0.5, 0.6) is 5.75 Å². The Morgan fingerprint density at radius 1 is 1.39 bits per heavy atom. The SMILES string of the molecule is CC(=O)C1CSC(c2sc3c4ccc(O)cc4ccc3[n+]2[O-])=N1. The molecule has 0 amide bonds. The van der Waals surface area contributed by atoms with Crippen molar-refractivity contribution in [3.05, 3.63) is 40.5 Å². The molecule has 1 aliphatic rings. The standard InChI is InChI=1S/C16H12N2O3S2/c1-8(19)12-7-22-15(17-12)16-18(21)13-5-2-9-6-10(20)3-4-11(9)14(13)23-16/h2-6,12,20H,7H2,1H3. The Bertz CT molecular complexity index is 994. The van der Waals surface area contributed by atoms with Crippen LogP contribution in [0.4, 0.5) is 0 Å². The lowest BCUT2D eigenvalue weighted by Crippen LogP contribution is -2.30. The van der Waals surface area contributed by atoms with E-state index in [-0.39, 0.29) is 17.6 Å². The fourth-order valence-electron chi connectivity index (χ4n) is 2.62. The van der Waals surface area contributed by atoms with E-state index in [9.17, 15) is 15.1 Å². The molecule has 1 unspecified atom stereocenters. The van der Waals surface area contributed by atoms with Crippen LogP contribution >= 0.6 is 23.1 Å². The van der Waals surface area contributed by atoms with Gasteiger partial charge in [0.2, 0.25) is 5.52 Å². The molecule has 1 aromatic heterocycles. The van der Waals surface area contributed by atoms with Gasteiger partial charge in [0.05, 0.1) is 0 Å². The number of aromatic hydroxyl groups is 1. The van der Waals surface area contributed by atoms with Gasteiger partial charge in [0, 0.05) is 17.2 Å². The Morgan fingerprint density at radius 2 is 2.22 bits per heavy atom. The topological polar surface area (TPSA) is 76.6 Å². The number of fused-ring (bicyclic) bond motifs is 3. The first kappa shape index (κ1) is 14.5. The van der Waals surface area contributed by atoms with Crippen molar-refractivity contribution in [2.75, 3.05) is 5.75 Å². The highest BCUT2D eigenvalue weighted by Crippen LogP contribution is 2.34. The summed E-state index contributed by atoms with van der Waals surface area (Å²) in [5.41, 5.74) is 0.581. The van der Waals surface area contributed by atoms with Crippen LogP contribution in [0.1, 0.15) is 11.9 Å². The number of hydrogen-bond acceptors (Lipinski definition) is 6. The summed E-state index contributed by atoms with van der Waals surface area (Å²) in [6, 6.07) is 8.33. The summed E-state index contributed by atoms with van der Waals surface area (Å²) in [6.07, 6.45) is 0. The molecule has 7 heteroatoms. The number of Topliss-reactive ketones (excluding diaryl/α,β-unsaturated/α-hetero) is 1. The second kappa shape index (κ2) is 5.21. The Kier molecular flexibility index (Phi) is 3.28. The first-order chi connectivity index (χ1) is 11.0. The van der Waals surface area contributed by atoms with Crippen molar-refractivity contribution in [3.8, 4) is 5.75 Å². The lowest BCUT2D eigenvalue weighted by molar-refractivity contribution is -0.573. The highest BCUT2D eigenvalue weighted by molar-refractivity contribution is 8.15. The lowest BCUT2D eigenvalue weighted by Gasteiger charge is -1.99. The van der Waals surface area contributed by atoms with Crippen molar-refractivity contribution in [2.45, 2.75) is 13.0 Å². The third-order valence-corrected chi connectivity index (χ3v) is 6.21. The van der Waals surface area contributed by atoms with E-state index in [1.165, 1.54) is 30.0 Å². The van der Waals surface area contributed by atoms with Crippen LogP contribution in [0.15, 0.2) is 35.3 Å². The second-order valence-electron chi connectivity index (χ2n) is 5.39. The number of carbonyl (C=O) groups is 1. The summed E-state index contributed by atoms with van der Waals surface area (Å²) in [5, 5.41) is 25.2. The molecule has 1 N–H and O–H groups in total. The maximum absolute atomic E-state index is 12.6. The monoisotopic (exact) mass is 344 g/mol. The Balaban J connectivity index is 1.92. The van der Waals surface area contributed by atoms with Crippen LogP contribution in [0.2, 0.25) is 0 Å². The quantitative estimate of drug-likeness (QED) is 0.573. The highest BCUT2D eigenvalue weighted by Gasteiger charge is 2.30. The van der Waals surface area contributed by atoms with Crippen LogP contribution in [0, 0.1) is 5.21 Å². The Hall–Kier alpha value is -2.12. The Labute approximate surface area is 139 Å². The summed E-state index contributed by atoms with van der Waals surface area (Å²) in [7, 11) is 0. The molecule has 0 bridgehead atoms. The number of benzene rings is 2. The molecule has 0 spiro atoms. The number of ketones is 1. The maximum Gasteiger partial charge on any atom is 0.306 e. The number of phenolic OH excluding ortho intramolecular Hbond substituents is 1. The average Bonchev–Trinajstić information content (AvgIpc) is 3.12. The first-order valence-electron chi connectivity index (χ1n) is 7.04. The summed E-state index contributed by atoms with van der Waals surface area (Å²) in [6.45, 7) is 1.52. The minimum absolute atomic E-state index is 0.0204. The molecule has 5 nitrogen and oxygen atoms in total. The molecule has 23 heavy (non-hydrogen) atoms. The van der Waals surface area contributed by atoms with Crippen molar-refractivity contribution in [3.63, 3.8) is 0 Å². The van der Waals surface area contributed by atoms with Crippen molar-refractivity contribution >= 4 is 54.9 Å². The van der Waals surface area contributed by atoms with E-state index in [1.807, 2.05) is 12.1 Å². The second-order valence-corrected chi connectivity index (χ2v) is 7.40. The van der Waals surface area contributed by atoms with Crippen LogP contribution in [0.3, 0.4) is 0 Å². The molecule has 2 aromatic carbocycles. The van der Waals surface area contributed by atoms with Crippen molar-refractivity contribution < 1.29 is 14.6 Å². The van der Waals surface area contributed by atoms with Crippen molar-refractivity contribution in [1.29, 1.82) is 0 Å². The molecule has 2 heterocycles. The third-order valence-electron chi connectivity index (χ3n) is 3.84. The van der Waals surface area contributed by atoms with Gasteiger partial charge < -0.3 is 10.3 Å². The summed E-state index contributed by atoms with van der Waals surface area (Å²) >= 11 is 2.82. The van der Waals surface area contributed by atoms with Gasteiger partial charge in [0.15, 0.2) is 10.8 Å². The molecule has 1 aliphatic heterocycles. The number of thioether (sulfide) groups is 1. The largest absolute Gasteiger partial charge is 0.617 e. The number of rotatable bonds is 2. The van der Waals surface area contributed by atoms with Crippen LogP contribution in [0.25, 0.3) is 21.0 Å². The third kappa shape index (κ3) is 2.27. The minimum atomic E-state index is -0.353. The highest BCUT2D eigenvalue weighted by atomic mass is 32.2. The molecule has 0 saturated heterocycles. The van der Waals surface area contributed by atoms with Gasteiger partial charge in [0.25, 0.3) is 0 Å². The molecule has 1 atom stereocenters. The molecule has 0 radical (unpaired) electrons. The molecular weight excluding hydrogens is 332 g/mol. The van der Waals surface area contributed by atoms with E-state index in [4.69, 9.17) is 0 Å². The molecule has 0 saturated carbocycles. The number of aliphatic imine (C=N–C) groups is 1. The van der Waals surface area contributed by atoms with Gasteiger partial charge in [-0.1, -0.05) is 23.1 Å². The molecule has 3 aromatic rings. The van der Waals surface area contributed by atoms with Gasteiger partial charge in [-0.2, -0.15) is 4.73 Å². The summed E-state index contributed by atoms with van der Waals surface area (Å²) in [5.74, 6) is 0.809. The zero-order chi connectivity index (χ0) is 16.1. The zero-order valence-electron chi connectivity index (χ0n) is 12.1. The van der Waals surface area contributed by atoms with E-state index in [1.54, 1.807) is 18.2 Å². The fraction of sp³-hybridized carbons (Fsp3) is 0.188. The minimum Gasteiger partial charge on any atom is -0.617 e. The number of aromatic nitrogens is 1. The van der Waals surface area contributed by atoms with Crippen LogP contribution in [-0.2, 0) is 4.79 Å². The fourth-order valence-corrected chi connectivity index (χ4v) is 5.02. The smallest absolute Gasteiger partial charge is 0.306 e. The van der Waals surface area contributed by atoms with Crippen molar-refractivity contribution in [1.82, 2.24) is 0 Å². The van der Waals surface area contributed by atoms with Gasteiger partial charge in [0.1, 0.15) is 16.5 Å². The van der Waals surface area contributed by atoms with Gasteiger partial charge in [-0.15, -0.1) is 0 Å². The predicted molar refractivity (Wildman–Crippen MR) is 93.4 cm³/mol. The molecule has 0 fully saturated rings. The Morgan fingerprint density at radius 3 is 2.96 bits per heavy atom. The molecule has 4 rings (SSSR count). The van der Waals surface area contributed by atoms with E-state index in [2.05, 4.69) is 4.99 Å². The van der Waals surface area contributed by atoms with Gasteiger partial charge in [-0.3, -0.25) is 9.79 Å². The number of thiazole rings is 1. The average molecular weight is 344 g/mol. The predicted octanol–water partition coefficient (Wildman–Crippen LogP) is 2.84. The number of hydrogen-bond donors (Lipinski definition) is 1. The molecule has 0 aliphatic carbocycles. The van der Waals surface area contributed by atoms with Crippen LogP contribution < -0.4 is 4.73 Å². The van der Waals surface area contributed by atoms with Crippen molar-refractivity contribution in [2.24, 2.45) is 4.99 Å². The molecule has 116 valence electrons. The van der Waals surface area contributed by atoms with E-state index in [0.717, 1.165) is 20.2 Å².